The molecule has 0 aromatic carbocycles. The summed E-state index contributed by atoms with van der Waals surface area (Å²) in [6, 6.07) is 0. The fourth-order valence-electron chi connectivity index (χ4n) is 5.64. The number of fused-ring (bicyclic) bond motifs is 2. The Kier molecular flexibility index (Phi) is 11.2. The summed E-state index contributed by atoms with van der Waals surface area (Å²) >= 11 is 2.20. The number of anilines is 2. The lowest BCUT2D eigenvalue weighted by Gasteiger charge is -2.15. The summed E-state index contributed by atoms with van der Waals surface area (Å²) in [6.45, 7) is 9.67. The summed E-state index contributed by atoms with van der Waals surface area (Å²) in [5.41, 5.74) is 14.1. The van der Waals surface area contributed by atoms with Crippen LogP contribution in [0.4, 0.5) is 11.6 Å². The number of hydrogen-bond donors (Lipinski definition) is 4. The van der Waals surface area contributed by atoms with Crippen molar-refractivity contribution < 1.29 is 29.2 Å². The first-order chi connectivity index (χ1) is 22.3. The molecule has 0 bridgehead atoms. The third kappa shape index (κ3) is 6.88. The van der Waals surface area contributed by atoms with Crippen LogP contribution in [-0.4, -0.2) is 90.1 Å². The summed E-state index contributed by atoms with van der Waals surface area (Å²) in [4.78, 5) is 16.7. The molecule has 6 unspecified atom stereocenters. The molecule has 46 heavy (non-hydrogen) atoms. The standard InChI is InChI=1S/C17H20N4O3.C14H17IN4O3/c1-3-5-11-8-21(17-15(11)16(18)19-10-20-17)14-7-12(23-6-4-2)13(9-22)24-14;1-2-3-21-9-4-11(22-10(9)6-20)19-5-8(15)12-13(16)17-7-18-14(12)19/h4,8,10,12-14,22H,2,6-7,9H2,1H3,(H2,18,19,20);2,5,7,9-11,20H,1,3-4,6H2,(H2,16,17,18). The second-order valence-electron chi connectivity index (χ2n) is 10.5. The summed E-state index contributed by atoms with van der Waals surface area (Å²) in [7, 11) is 0. The molecule has 6 rings (SSSR count). The summed E-state index contributed by atoms with van der Waals surface area (Å²) in [5, 5.41) is 20.6. The molecule has 0 spiro atoms. The fraction of sp³-hybridized carbons (Fsp3) is 0.419. The van der Waals surface area contributed by atoms with Crippen LogP contribution in [0.5, 0.6) is 0 Å². The molecule has 2 aliphatic heterocycles. The summed E-state index contributed by atoms with van der Waals surface area (Å²) < 4.78 is 28.0. The Morgan fingerprint density at radius 2 is 1.39 bits per heavy atom. The molecule has 2 aliphatic rings. The molecule has 15 heteroatoms. The maximum atomic E-state index is 9.54. The largest absolute Gasteiger partial charge is 0.394 e. The van der Waals surface area contributed by atoms with E-state index in [-0.39, 0.29) is 44.0 Å². The van der Waals surface area contributed by atoms with Crippen LogP contribution in [0.25, 0.3) is 22.1 Å². The van der Waals surface area contributed by atoms with Crippen molar-refractivity contribution in [2.75, 3.05) is 37.9 Å². The zero-order valence-corrected chi connectivity index (χ0v) is 27.5. The zero-order chi connectivity index (χ0) is 32.8. The van der Waals surface area contributed by atoms with Crippen LogP contribution in [0, 0.1) is 15.4 Å². The number of aliphatic hydroxyl groups excluding tert-OH is 2. The number of hydrogen-bond acceptors (Lipinski definition) is 12. The molecule has 0 saturated carbocycles. The quantitative estimate of drug-likeness (QED) is 0.106. The normalized spacial score (nSPS) is 24.0. The van der Waals surface area contributed by atoms with Gasteiger partial charge in [0.15, 0.2) is 0 Å². The highest BCUT2D eigenvalue weighted by Crippen LogP contribution is 2.36. The van der Waals surface area contributed by atoms with Crippen molar-refractivity contribution in [2.45, 2.75) is 56.6 Å². The number of ether oxygens (including phenoxy) is 4. The Morgan fingerprint density at radius 3 is 1.89 bits per heavy atom. The van der Waals surface area contributed by atoms with Crippen molar-refractivity contribution in [3.63, 3.8) is 0 Å². The van der Waals surface area contributed by atoms with E-state index in [1.807, 2.05) is 21.5 Å². The molecule has 6 N–H and O–H groups in total. The van der Waals surface area contributed by atoms with Gasteiger partial charge >= 0.3 is 0 Å². The van der Waals surface area contributed by atoms with Crippen LogP contribution in [0.2, 0.25) is 0 Å². The fourth-order valence-corrected chi connectivity index (χ4v) is 6.46. The highest BCUT2D eigenvalue weighted by Gasteiger charge is 2.38. The number of nitrogens with zero attached hydrogens (tertiary/aromatic N) is 6. The molecule has 2 saturated heterocycles. The molecule has 0 aliphatic carbocycles. The molecule has 6 heterocycles. The second-order valence-corrected chi connectivity index (χ2v) is 11.7. The van der Waals surface area contributed by atoms with E-state index in [0.717, 1.165) is 20.2 Å². The van der Waals surface area contributed by atoms with Crippen molar-refractivity contribution in [3.8, 4) is 11.8 Å². The van der Waals surface area contributed by atoms with Crippen molar-refractivity contribution in [3.05, 3.63) is 59.5 Å². The van der Waals surface area contributed by atoms with Gasteiger partial charge in [-0.3, -0.25) is 0 Å². The van der Waals surface area contributed by atoms with Crippen molar-refractivity contribution in [1.29, 1.82) is 0 Å². The highest BCUT2D eigenvalue weighted by atomic mass is 127. The van der Waals surface area contributed by atoms with Crippen LogP contribution in [0.3, 0.4) is 0 Å². The van der Waals surface area contributed by atoms with Crippen molar-refractivity contribution in [1.82, 2.24) is 29.1 Å². The molecule has 14 nitrogen and oxygen atoms in total. The lowest BCUT2D eigenvalue weighted by Crippen LogP contribution is -2.27. The topological polar surface area (TPSA) is 191 Å². The second kappa shape index (κ2) is 15.3. The lowest BCUT2D eigenvalue weighted by atomic mass is 10.2. The van der Waals surface area contributed by atoms with Crippen molar-refractivity contribution >= 4 is 56.3 Å². The number of aromatic nitrogens is 6. The van der Waals surface area contributed by atoms with Gasteiger partial charge in [0.2, 0.25) is 0 Å². The van der Waals surface area contributed by atoms with Crippen LogP contribution < -0.4 is 11.5 Å². The van der Waals surface area contributed by atoms with E-state index in [1.165, 1.54) is 12.7 Å². The van der Waals surface area contributed by atoms with Gasteiger partial charge in [0.05, 0.1) is 55.0 Å². The minimum absolute atomic E-state index is 0.0915. The number of nitrogens with two attached hydrogens (primary N) is 2. The average molecular weight is 745 g/mol. The minimum atomic E-state index is -0.396. The number of aliphatic hydroxyl groups is 2. The van der Waals surface area contributed by atoms with Crippen LogP contribution in [0.15, 0.2) is 50.4 Å². The molecule has 4 aromatic heterocycles. The molecule has 0 amide bonds. The van der Waals surface area contributed by atoms with E-state index < -0.39 is 6.10 Å². The van der Waals surface area contributed by atoms with E-state index in [1.54, 1.807) is 19.1 Å². The molecule has 6 atom stereocenters. The van der Waals surface area contributed by atoms with E-state index in [0.29, 0.717) is 48.7 Å². The van der Waals surface area contributed by atoms with Crippen LogP contribution >= 0.6 is 22.6 Å². The predicted octanol–water partition coefficient (Wildman–Crippen LogP) is 2.71. The van der Waals surface area contributed by atoms with E-state index in [9.17, 15) is 10.2 Å². The average Bonchev–Trinajstić information content (AvgIpc) is 3.83. The van der Waals surface area contributed by atoms with E-state index >= 15 is 0 Å². The van der Waals surface area contributed by atoms with E-state index in [4.69, 9.17) is 30.4 Å². The molecule has 4 aromatic rings. The maximum Gasteiger partial charge on any atom is 0.148 e. The summed E-state index contributed by atoms with van der Waals surface area (Å²) in [5.74, 6) is 6.73. The van der Waals surface area contributed by atoms with Gasteiger partial charge in [-0.15, -0.1) is 19.1 Å². The maximum absolute atomic E-state index is 9.54. The third-order valence-corrected chi connectivity index (χ3v) is 8.51. The highest BCUT2D eigenvalue weighted by molar-refractivity contribution is 14.1. The minimum Gasteiger partial charge on any atom is -0.394 e. The first-order valence-electron chi connectivity index (χ1n) is 14.6. The lowest BCUT2D eigenvalue weighted by molar-refractivity contribution is -0.0560. The van der Waals surface area contributed by atoms with Gasteiger partial charge in [-0.05, 0) is 29.5 Å². The van der Waals surface area contributed by atoms with Crippen LogP contribution in [0.1, 0.15) is 37.8 Å². The number of rotatable bonds is 10. The Morgan fingerprint density at radius 1 is 0.891 bits per heavy atom. The first kappa shape index (κ1) is 33.7. The number of halogens is 1. The SMILES string of the molecule is C=CCOC1CC(n2cc(C#CC)c3c(N)ncnc32)OC1CO.C=CCOC1CC(n2cc(I)c3c(N)ncnc32)OC1CO. The van der Waals surface area contributed by atoms with Crippen molar-refractivity contribution in [2.24, 2.45) is 0 Å². The first-order valence-corrected chi connectivity index (χ1v) is 15.7. The van der Waals surface area contributed by atoms with Gasteiger partial charge in [0.1, 0.15) is 60.2 Å². The molecular weight excluding hydrogens is 707 g/mol. The molecule has 2 fully saturated rings. The smallest absolute Gasteiger partial charge is 0.148 e. The van der Waals surface area contributed by atoms with Gasteiger partial charge in [0, 0.05) is 28.8 Å². The van der Waals surface area contributed by atoms with Gasteiger partial charge < -0.3 is 49.8 Å². The Balaban J connectivity index is 0.000000182. The molecular formula is C31H37IN8O6. The summed E-state index contributed by atoms with van der Waals surface area (Å²) in [6.07, 6.45) is 9.51. The monoisotopic (exact) mass is 744 g/mol. The van der Waals surface area contributed by atoms with E-state index in [2.05, 4.69) is 67.5 Å². The molecule has 244 valence electrons. The van der Waals surface area contributed by atoms with Gasteiger partial charge in [-0.1, -0.05) is 18.1 Å². The Labute approximate surface area is 279 Å². The van der Waals surface area contributed by atoms with Gasteiger partial charge in [-0.25, -0.2) is 19.9 Å². The zero-order valence-electron chi connectivity index (χ0n) is 25.3. The molecule has 0 radical (unpaired) electrons. The Hall–Kier alpha value is -3.63. The predicted molar refractivity (Wildman–Crippen MR) is 180 cm³/mol. The van der Waals surface area contributed by atoms with Crippen LogP contribution in [-0.2, 0) is 18.9 Å². The van der Waals surface area contributed by atoms with Gasteiger partial charge in [0.25, 0.3) is 0 Å². The Bertz CT molecular complexity index is 1750. The number of nitrogen functional groups attached to an aromatic ring is 2. The van der Waals surface area contributed by atoms with Gasteiger partial charge in [-0.2, -0.15) is 0 Å². The third-order valence-electron chi connectivity index (χ3n) is 7.69.